The summed E-state index contributed by atoms with van der Waals surface area (Å²) in [6, 6.07) is 8.03. The smallest absolute Gasteiger partial charge is 0.134 e. The van der Waals surface area contributed by atoms with Crippen LogP contribution in [0.4, 0.5) is 10.1 Å². The van der Waals surface area contributed by atoms with E-state index in [1.54, 1.807) is 0 Å². The molecular formula is C12H15FN2. The van der Waals surface area contributed by atoms with Gasteiger partial charge in [-0.3, -0.25) is 0 Å². The lowest BCUT2D eigenvalue weighted by Gasteiger charge is -2.43. The van der Waals surface area contributed by atoms with Gasteiger partial charge in [-0.25, -0.2) is 4.39 Å². The predicted octanol–water partition coefficient (Wildman–Crippen LogP) is 1.85. The van der Waals surface area contributed by atoms with Gasteiger partial charge in [0, 0.05) is 11.7 Å². The minimum Gasteiger partial charge on any atom is -0.379 e. The highest BCUT2D eigenvalue weighted by Crippen LogP contribution is 2.43. The number of hydrogen-bond donors (Lipinski definition) is 2. The van der Waals surface area contributed by atoms with Crippen LogP contribution in [0.3, 0.4) is 0 Å². The van der Waals surface area contributed by atoms with Gasteiger partial charge in [-0.15, -0.1) is 0 Å². The van der Waals surface area contributed by atoms with Gasteiger partial charge in [-0.2, -0.15) is 0 Å². The quantitative estimate of drug-likeness (QED) is 0.736. The van der Waals surface area contributed by atoms with E-state index < -0.39 is 5.67 Å². The molecule has 2 aliphatic rings. The van der Waals surface area contributed by atoms with Crippen LogP contribution in [0.25, 0.3) is 0 Å². The maximum Gasteiger partial charge on any atom is 0.134 e. The molecule has 0 aromatic heterocycles. The van der Waals surface area contributed by atoms with E-state index in [1.807, 2.05) is 18.2 Å². The Balaban J connectivity index is 1.79. The Hall–Kier alpha value is -1.09. The van der Waals surface area contributed by atoms with Gasteiger partial charge in [0.2, 0.25) is 0 Å². The predicted molar refractivity (Wildman–Crippen MR) is 58.6 cm³/mol. The van der Waals surface area contributed by atoms with Crippen LogP contribution >= 0.6 is 0 Å². The lowest BCUT2D eigenvalue weighted by Crippen LogP contribution is -2.57. The van der Waals surface area contributed by atoms with Gasteiger partial charge in [0.05, 0.1) is 6.04 Å². The molecule has 0 spiro atoms. The number of alkyl halides is 1. The molecule has 3 rings (SSSR count). The number of rotatable bonds is 1. The summed E-state index contributed by atoms with van der Waals surface area (Å²) < 4.78 is 14.3. The van der Waals surface area contributed by atoms with Crippen LogP contribution in [0.2, 0.25) is 0 Å². The van der Waals surface area contributed by atoms with Crippen LogP contribution < -0.4 is 11.1 Å². The van der Waals surface area contributed by atoms with E-state index in [4.69, 9.17) is 5.73 Å². The minimum atomic E-state index is -1.08. The van der Waals surface area contributed by atoms with Crippen LogP contribution in [0, 0.1) is 0 Å². The van der Waals surface area contributed by atoms with Gasteiger partial charge >= 0.3 is 0 Å². The number of anilines is 1. The molecule has 1 aliphatic carbocycles. The monoisotopic (exact) mass is 206 g/mol. The zero-order valence-corrected chi connectivity index (χ0v) is 8.54. The third kappa shape index (κ3) is 1.34. The summed E-state index contributed by atoms with van der Waals surface area (Å²) >= 11 is 0. The molecule has 0 saturated heterocycles. The third-order valence-corrected chi connectivity index (χ3v) is 3.60. The maximum absolute atomic E-state index is 14.3. The summed E-state index contributed by atoms with van der Waals surface area (Å²) in [5.74, 6) is 0. The van der Waals surface area contributed by atoms with Crippen LogP contribution in [-0.4, -0.2) is 17.8 Å². The van der Waals surface area contributed by atoms with E-state index in [9.17, 15) is 4.39 Å². The Kier molecular flexibility index (Phi) is 1.80. The van der Waals surface area contributed by atoms with Crippen molar-refractivity contribution < 1.29 is 4.39 Å². The van der Waals surface area contributed by atoms with Crippen LogP contribution in [-0.2, 0) is 6.42 Å². The topological polar surface area (TPSA) is 38.0 Å². The highest BCUT2D eigenvalue weighted by Gasteiger charge is 2.50. The summed E-state index contributed by atoms with van der Waals surface area (Å²) in [7, 11) is 0. The first-order valence-corrected chi connectivity index (χ1v) is 5.46. The van der Waals surface area contributed by atoms with Gasteiger partial charge in [-0.1, -0.05) is 18.2 Å². The first-order valence-electron chi connectivity index (χ1n) is 5.46. The van der Waals surface area contributed by atoms with Gasteiger partial charge in [-0.05, 0) is 30.9 Å². The molecule has 0 amide bonds. The molecule has 1 fully saturated rings. The Bertz CT molecular complexity index is 360. The molecule has 1 aromatic rings. The van der Waals surface area contributed by atoms with Gasteiger partial charge < -0.3 is 11.1 Å². The number of nitrogens with one attached hydrogen (secondary N) is 1. The Morgan fingerprint density at radius 2 is 2.07 bits per heavy atom. The third-order valence-electron chi connectivity index (χ3n) is 3.60. The SMILES string of the molecule is NC1CC(F)(C2Cc3ccccc3N2)C1. The minimum absolute atomic E-state index is 0.0560. The fourth-order valence-electron chi connectivity index (χ4n) is 2.71. The molecule has 1 atom stereocenters. The number of nitrogens with two attached hydrogens (primary N) is 1. The summed E-state index contributed by atoms with van der Waals surface area (Å²) in [6.07, 6.45) is 1.79. The number of para-hydroxylation sites is 1. The molecule has 3 N–H and O–H groups in total. The molecule has 0 radical (unpaired) electrons. The molecule has 2 nitrogen and oxygen atoms in total. The van der Waals surface area contributed by atoms with Crippen molar-refractivity contribution in [2.24, 2.45) is 5.73 Å². The van der Waals surface area contributed by atoms with E-state index in [-0.39, 0.29) is 12.1 Å². The fraction of sp³-hybridized carbons (Fsp3) is 0.500. The molecule has 1 unspecified atom stereocenters. The molecule has 1 heterocycles. The molecule has 80 valence electrons. The van der Waals surface area contributed by atoms with Crippen molar-refractivity contribution in [2.75, 3.05) is 5.32 Å². The first kappa shape index (κ1) is 9.16. The second-order valence-corrected chi connectivity index (χ2v) is 4.76. The number of hydrogen-bond acceptors (Lipinski definition) is 2. The van der Waals surface area contributed by atoms with E-state index in [0.29, 0.717) is 12.8 Å². The molecule has 1 aliphatic heterocycles. The molecule has 15 heavy (non-hydrogen) atoms. The van der Waals surface area contributed by atoms with Crippen molar-refractivity contribution in [2.45, 2.75) is 37.0 Å². The van der Waals surface area contributed by atoms with Gasteiger partial charge in [0.15, 0.2) is 0 Å². The van der Waals surface area contributed by atoms with Crippen molar-refractivity contribution in [1.82, 2.24) is 0 Å². The van der Waals surface area contributed by atoms with E-state index in [2.05, 4.69) is 11.4 Å². The molecule has 0 bridgehead atoms. The fourth-order valence-corrected chi connectivity index (χ4v) is 2.71. The highest BCUT2D eigenvalue weighted by molar-refractivity contribution is 5.57. The van der Waals surface area contributed by atoms with Crippen molar-refractivity contribution in [3.63, 3.8) is 0 Å². The lowest BCUT2D eigenvalue weighted by atomic mass is 9.72. The van der Waals surface area contributed by atoms with Crippen molar-refractivity contribution in [1.29, 1.82) is 0 Å². The Morgan fingerprint density at radius 3 is 2.73 bits per heavy atom. The van der Waals surface area contributed by atoms with E-state index in [0.717, 1.165) is 12.1 Å². The molecule has 1 aromatic carbocycles. The number of benzene rings is 1. The van der Waals surface area contributed by atoms with Crippen LogP contribution in [0.5, 0.6) is 0 Å². The summed E-state index contributed by atoms with van der Waals surface area (Å²) in [4.78, 5) is 0. The van der Waals surface area contributed by atoms with Crippen LogP contribution in [0.1, 0.15) is 18.4 Å². The number of halogens is 1. The van der Waals surface area contributed by atoms with Crippen molar-refractivity contribution >= 4 is 5.69 Å². The Labute approximate surface area is 88.7 Å². The lowest BCUT2D eigenvalue weighted by molar-refractivity contribution is 0.0260. The maximum atomic E-state index is 14.3. The average molecular weight is 206 g/mol. The molecular weight excluding hydrogens is 191 g/mol. The van der Waals surface area contributed by atoms with Crippen molar-refractivity contribution in [3.05, 3.63) is 29.8 Å². The molecule has 1 saturated carbocycles. The summed E-state index contributed by atoms with van der Waals surface area (Å²) in [5, 5.41) is 3.27. The summed E-state index contributed by atoms with van der Waals surface area (Å²) in [5.41, 5.74) is 6.88. The normalized spacial score (nSPS) is 38.0. The van der Waals surface area contributed by atoms with Gasteiger partial charge in [0.1, 0.15) is 5.67 Å². The largest absolute Gasteiger partial charge is 0.379 e. The average Bonchev–Trinajstić information content (AvgIpc) is 2.59. The van der Waals surface area contributed by atoms with Gasteiger partial charge in [0.25, 0.3) is 0 Å². The highest BCUT2D eigenvalue weighted by atomic mass is 19.1. The van der Waals surface area contributed by atoms with E-state index >= 15 is 0 Å². The van der Waals surface area contributed by atoms with Crippen LogP contribution in [0.15, 0.2) is 24.3 Å². The summed E-state index contributed by atoms with van der Waals surface area (Å²) in [6.45, 7) is 0. The second-order valence-electron chi connectivity index (χ2n) is 4.76. The standard InChI is InChI=1S/C12H15FN2/c13-12(6-9(14)7-12)11-5-8-3-1-2-4-10(8)15-11/h1-4,9,11,15H,5-7,14H2. The Morgan fingerprint density at radius 1 is 1.33 bits per heavy atom. The molecule has 3 heteroatoms. The zero-order valence-electron chi connectivity index (χ0n) is 8.54. The second kappa shape index (κ2) is 2.95. The van der Waals surface area contributed by atoms with E-state index in [1.165, 1.54) is 5.56 Å². The first-order chi connectivity index (χ1) is 7.17. The zero-order chi connectivity index (χ0) is 10.5. The van der Waals surface area contributed by atoms with Crippen molar-refractivity contribution in [3.8, 4) is 0 Å². The number of fused-ring (bicyclic) bond motifs is 1.